The van der Waals surface area contributed by atoms with Crippen LogP contribution in [0.15, 0.2) is 35.4 Å². The molecule has 0 fully saturated rings. The minimum absolute atomic E-state index is 0.625. The second-order valence-corrected chi connectivity index (χ2v) is 5.44. The number of anilines is 1. The lowest BCUT2D eigenvalue weighted by Gasteiger charge is -2.13. The van der Waals surface area contributed by atoms with E-state index in [4.69, 9.17) is 9.47 Å². The number of thioether (sulfide) groups is 1. The van der Waals surface area contributed by atoms with Crippen LogP contribution in [-0.2, 0) is 6.54 Å². The minimum Gasteiger partial charge on any atom is -0.490 e. The van der Waals surface area contributed by atoms with E-state index in [9.17, 15) is 0 Å². The number of fused-ring (bicyclic) bond motifs is 1. The summed E-state index contributed by atoms with van der Waals surface area (Å²) in [6, 6.07) is 9.83. The smallest absolute Gasteiger partial charge is 0.166 e. The van der Waals surface area contributed by atoms with E-state index in [0.717, 1.165) is 34.3 Å². The van der Waals surface area contributed by atoms with Gasteiger partial charge in [0.05, 0.1) is 13.2 Å². The molecule has 0 bridgehead atoms. The highest BCUT2D eigenvalue weighted by molar-refractivity contribution is 7.98. The Hall–Kier alpha value is -1.95. The van der Waals surface area contributed by atoms with Crippen molar-refractivity contribution >= 4 is 17.6 Å². The van der Waals surface area contributed by atoms with Gasteiger partial charge >= 0.3 is 0 Å². The number of hydrogen-bond acceptors (Lipinski definition) is 6. The van der Waals surface area contributed by atoms with Crippen molar-refractivity contribution in [1.82, 2.24) is 10.2 Å². The second-order valence-electron chi connectivity index (χ2n) is 4.61. The largest absolute Gasteiger partial charge is 0.490 e. The maximum atomic E-state index is 5.80. The van der Waals surface area contributed by atoms with Gasteiger partial charge in [0.15, 0.2) is 11.5 Å². The summed E-state index contributed by atoms with van der Waals surface area (Å²) in [7, 11) is 0. The van der Waals surface area contributed by atoms with Crippen molar-refractivity contribution < 1.29 is 9.47 Å². The molecule has 110 valence electrons. The van der Waals surface area contributed by atoms with Crippen LogP contribution in [0.1, 0.15) is 12.0 Å². The van der Waals surface area contributed by atoms with Crippen molar-refractivity contribution in [2.45, 2.75) is 18.0 Å². The summed E-state index contributed by atoms with van der Waals surface area (Å²) in [6.07, 6.45) is 2.89. The molecule has 2 aromatic rings. The standard InChI is InChI=1S/C15H17N3O2S/c1-21-14-7-6-13(17-18-14)16-10-11-4-2-5-12-15(11)20-9-3-8-19-12/h2,4-7H,3,8-10H2,1H3,(H,16,17). The van der Waals surface area contributed by atoms with Crippen LogP contribution >= 0.6 is 11.8 Å². The van der Waals surface area contributed by atoms with E-state index >= 15 is 0 Å². The van der Waals surface area contributed by atoms with Gasteiger partial charge in [-0.15, -0.1) is 22.0 Å². The van der Waals surface area contributed by atoms with Crippen molar-refractivity contribution in [3.05, 3.63) is 35.9 Å². The van der Waals surface area contributed by atoms with Gasteiger partial charge in [0.1, 0.15) is 10.8 Å². The first kappa shape index (κ1) is 14.0. The Bertz CT molecular complexity index is 604. The fourth-order valence-electron chi connectivity index (χ4n) is 2.10. The molecule has 0 saturated carbocycles. The van der Waals surface area contributed by atoms with Gasteiger partial charge in [0.25, 0.3) is 0 Å². The molecule has 0 aliphatic carbocycles. The van der Waals surface area contributed by atoms with Crippen LogP contribution in [0.25, 0.3) is 0 Å². The maximum absolute atomic E-state index is 5.80. The van der Waals surface area contributed by atoms with Crippen LogP contribution in [0, 0.1) is 0 Å². The zero-order valence-electron chi connectivity index (χ0n) is 11.8. The van der Waals surface area contributed by atoms with Crippen LogP contribution in [0.4, 0.5) is 5.82 Å². The zero-order chi connectivity index (χ0) is 14.5. The Morgan fingerprint density at radius 1 is 1.14 bits per heavy atom. The third-order valence-corrected chi connectivity index (χ3v) is 3.80. The highest BCUT2D eigenvalue weighted by Crippen LogP contribution is 2.33. The molecular formula is C15H17N3O2S. The van der Waals surface area contributed by atoms with E-state index in [2.05, 4.69) is 15.5 Å². The second kappa shape index (κ2) is 6.67. The van der Waals surface area contributed by atoms with Crippen molar-refractivity contribution in [2.75, 3.05) is 24.8 Å². The number of benzene rings is 1. The topological polar surface area (TPSA) is 56.3 Å². The normalized spacial score (nSPS) is 13.6. The SMILES string of the molecule is CSc1ccc(NCc2cccc3c2OCCCO3)nn1. The lowest BCUT2D eigenvalue weighted by atomic mass is 10.2. The molecule has 1 aliphatic heterocycles. The monoisotopic (exact) mass is 303 g/mol. The molecule has 1 N–H and O–H groups in total. The maximum Gasteiger partial charge on any atom is 0.166 e. The number of hydrogen-bond donors (Lipinski definition) is 1. The van der Waals surface area contributed by atoms with Gasteiger partial charge in [0, 0.05) is 18.5 Å². The average molecular weight is 303 g/mol. The van der Waals surface area contributed by atoms with E-state index in [1.165, 1.54) is 0 Å². The van der Waals surface area contributed by atoms with E-state index in [1.54, 1.807) is 11.8 Å². The van der Waals surface area contributed by atoms with Gasteiger partial charge in [-0.3, -0.25) is 0 Å². The summed E-state index contributed by atoms with van der Waals surface area (Å²) in [6.45, 7) is 2.01. The summed E-state index contributed by atoms with van der Waals surface area (Å²) in [5.41, 5.74) is 1.06. The molecule has 0 saturated heterocycles. The molecule has 0 radical (unpaired) electrons. The van der Waals surface area contributed by atoms with E-state index in [-0.39, 0.29) is 0 Å². The van der Waals surface area contributed by atoms with Crippen molar-refractivity contribution in [1.29, 1.82) is 0 Å². The molecule has 21 heavy (non-hydrogen) atoms. The number of rotatable bonds is 4. The van der Waals surface area contributed by atoms with Gasteiger partial charge in [-0.25, -0.2) is 0 Å². The first-order valence-electron chi connectivity index (χ1n) is 6.86. The number of nitrogens with one attached hydrogen (secondary N) is 1. The predicted molar refractivity (Wildman–Crippen MR) is 83.2 cm³/mol. The van der Waals surface area contributed by atoms with Crippen LogP contribution in [-0.4, -0.2) is 29.7 Å². The zero-order valence-corrected chi connectivity index (χ0v) is 12.7. The minimum atomic E-state index is 0.625. The van der Waals surface area contributed by atoms with Crippen molar-refractivity contribution in [2.24, 2.45) is 0 Å². The fourth-order valence-corrected chi connectivity index (χ4v) is 2.43. The lowest BCUT2D eigenvalue weighted by molar-refractivity contribution is 0.296. The molecule has 5 nitrogen and oxygen atoms in total. The number of nitrogens with zero attached hydrogens (tertiary/aromatic N) is 2. The van der Waals surface area contributed by atoms with E-state index in [1.807, 2.05) is 36.6 Å². The molecular weight excluding hydrogens is 286 g/mol. The van der Waals surface area contributed by atoms with Gasteiger partial charge in [-0.05, 0) is 24.5 Å². The molecule has 0 amide bonds. The number of aromatic nitrogens is 2. The molecule has 2 heterocycles. The highest BCUT2D eigenvalue weighted by Gasteiger charge is 2.14. The molecule has 0 spiro atoms. The van der Waals surface area contributed by atoms with Crippen LogP contribution in [0.3, 0.4) is 0 Å². The highest BCUT2D eigenvalue weighted by atomic mass is 32.2. The Labute approximate surface area is 128 Å². The van der Waals surface area contributed by atoms with Crippen molar-refractivity contribution in [3.8, 4) is 11.5 Å². The molecule has 1 aromatic carbocycles. The van der Waals surface area contributed by atoms with Gasteiger partial charge in [0.2, 0.25) is 0 Å². The summed E-state index contributed by atoms with van der Waals surface area (Å²) < 4.78 is 11.5. The summed E-state index contributed by atoms with van der Waals surface area (Å²) in [5.74, 6) is 2.40. The quantitative estimate of drug-likeness (QED) is 0.876. The first-order valence-corrected chi connectivity index (χ1v) is 8.08. The summed E-state index contributed by atoms with van der Waals surface area (Å²) in [4.78, 5) is 0. The molecule has 0 atom stereocenters. The van der Waals surface area contributed by atoms with Crippen LogP contribution < -0.4 is 14.8 Å². The summed E-state index contributed by atoms with van der Waals surface area (Å²) >= 11 is 1.57. The van der Waals surface area contributed by atoms with Gasteiger partial charge in [-0.1, -0.05) is 12.1 Å². The molecule has 1 aromatic heterocycles. The fraction of sp³-hybridized carbons (Fsp3) is 0.333. The van der Waals surface area contributed by atoms with E-state index < -0.39 is 0 Å². The third kappa shape index (κ3) is 3.39. The molecule has 0 unspecified atom stereocenters. The van der Waals surface area contributed by atoms with Crippen molar-refractivity contribution in [3.63, 3.8) is 0 Å². The van der Waals surface area contributed by atoms with Crippen LogP contribution in [0.5, 0.6) is 11.5 Å². The lowest BCUT2D eigenvalue weighted by Crippen LogP contribution is -2.05. The average Bonchev–Trinajstić information content (AvgIpc) is 2.79. The Kier molecular flexibility index (Phi) is 4.45. The molecule has 1 aliphatic rings. The van der Waals surface area contributed by atoms with Gasteiger partial charge < -0.3 is 14.8 Å². The third-order valence-electron chi connectivity index (χ3n) is 3.16. The molecule has 3 rings (SSSR count). The van der Waals surface area contributed by atoms with Gasteiger partial charge in [-0.2, -0.15) is 0 Å². The molecule has 6 heteroatoms. The number of para-hydroxylation sites is 1. The van der Waals surface area contributed by atoms with Crippen LogP contribution in [0.2, 0.25) is 0 Å². The predicted octanol–water partition coefficient (Wildman–Crippen LogP) is 2.97. The Morgan fingerprint density at radius 3 is 2.86 bits per heavy atom. The summed E-state index contributed by atoms with van der Waals surface area (Å²) in [5, 5.41) is 12.4. The first-order chi connectivity index (χ1) is 10.4. The Morgan fingerprint density at radius 2 is 2.05 bits per heavy atom. The number of ether oxygens (including phenoxy) is 2. The Balaban J connectivity index is 1.72. The van der Waals surface area contributed by atoms with E-state index in [0.29, 0.717) is 19.8 Å².